The molecular formula is C13H17ClN2OS. The molecule has 1 aliphatic carbocycles. The summed E-state index contributed by atoms with van der Waals surface area (Å²) in [5.41, 5.74) is 6.92. The van der Waals surface area contributed by atoms with Gasteiger partial charge in [0.2, 0.25) is 5.91 Å². The minimum atomic E-state index is 0.000854. The van der Waals surface area contributed by atoms with Crippen LogP contribution in [0.3, 0.4) is 0 Å². The molecule has 0 bridgehead atoms. The van der Waals surface area contributed by atoms with Gasteiger partial charge < -0.3 is 11.1 Å². The molecule has 18 heavy (non-hydrogen) atoms. The lowest BCUT2D eigenvalue weighted by molar-refractivity contribution is -0.113. The third-order valence-electron chi connectivity index (χ3n) is 3.04. The number of anilines is 2. The summed E-state index contributed by atoms with van der Waals surface area (Å²) in [7, 11) is 0. The molecule has 0 aromatic heterocycles. The third-order valence-corrected chi connectivity index (χ3v) is 4.65. The Labute approximate surface area is 116 Å². The van der Waals surface area contributed by atoms with Gasteiger partial charge in [-0.15, -0.1) is 11.8 Å². The van der Waals surface area contributed by atoms with Gasteiger partial charge in [0.15, 0.2) is 0 Å². The SMILES string of the molecule is Nc1cc(Cl)ccc1NC(=O)CSC1CCCC1. The Hall–Kier alpha value is -0.870. The first kappa shape index (κ1) is 13.6. The predicted octanol–water partition coefficient (Wildman–Crippen LogP) is 3.54. The van der Waals surface area contributed by atoms with E-state index in [4.69, 9.17) is 17.3 Å². The van der Waals surface area contributed by atoms with E-state index in [2.05, 4.69) is 5.32 Å². The van der Waals surface area contributed by atoms with Crippen LogP contribution in [0.25, 0.3) is 0 Å². The van der Waals surface area contributed by atoms with Crippen molar-refractivity contribution in [3.63, 3.8) is 0 Å². The monoisotopic (exact) mass is 284 g/mol. The lowest BCUT2D eigenvalue weighted by Crippen LogP contribution is -2.16. The van der Waals surface area contributed by atoms with Crippen LogP contribution < -0.4 is 11.1 Å². The van der Waals surface area contributed by atoms with Gasteiger partial charge in [-0.25, -0.2) is 0 Å². The smallest absolute Gasteiger partial charge is 0.234 e. The number of carbonyl (C=O) groups excluding carboxylic acids is 1. The summed E-state index contributed by atoms with van der Waals surface area (Å²) >= 11 is 7.55. The highest BCUT2D eigenvalue weighted by Crippen LogP contribution is 2.29. The van der Waals surface area contributed by atoms with Gasteiger partial charge in [-0.2, -0.15) is 0 Å². The van der Waals surface area contributed by atoms with Crippen molar-refractivity contribution in [2.45, 2.75) is 30.9 Å². The lowest BCUT2D eigenvalue weighted by Gasteiger charge is -2.10. The van der Waals surface area contributed by atoms with E-state index in [-0.39, 0.29) is 5.91 Å². The molecule has 0 spiro atoms. The second-order valence-corrected chi connectivity index (χ2v) is 6.22. The van der Waals surface area contributed by atoms with Gasteiger partial charge in [0, 0.05) is 10.3 Å². The number of nitrogens with one attached hydrogen (secondary N) is 1. The number of nitrogen functional groups attached to an aromatic ring is 1. The first-order valence-electron chi connectivity index (χ1n) is 6.11. The number of carbonyl (C=O) groups is 1. The maximum absolute atomic E-state index is 11.8. The third kappa shape index (κ3) is 3.82. The maximum Gasteiger partial charge on any atom is 0.234 e. The van der Waals surface area contributed by atoms with E-state index in [1.54, 1.807) is 30.0 Å². The van der Waals surface area contributed by atoms with Crippen molar-refractivity contribution in [1.29, 1.82) is 0 Å². The number of halogens is 1. The predicted molar refractivity (Wildman–Crippen MR) is 79.2 cm³/mol. The highest BCUT2D eigenvalue weighted by atomic mass is 35.5. The number of amides is 1. The summed E-state index contributed by atoms with van der Waals surface area (Å²) in [6.45, 7) is 0. The number of nitrogens with two attached hydrogens (primary N) is 1. The zero-order valence-corrected chi connectivity index (χ0v) is 11.7. The normalized spacial score (nSPS) is 15.8. The van der Waals surface area contributed by atoms with Crippen LogP contribution in [0.2, 0.25) is 5.02 Å². The molecule has 2 rings (SSSR count). The zero-order valence-electron chi connectivity index (χ0n) is 10.1. The molecule has 3 N–H and O–H groups in total. The van der Waals surface area contributed by atoms with Crippen LogP contribution in [0.15, 0.2) is 18.2 Å². The van der Waals surface area contributed by atoms with Crippen LogP contribution in [0.5, 0.6) is 0 Å². The Morgan fingerprint density at radius 3 is 2.83 bits per heavy atom. The number of hydrogen-bond donors (Lipinski definition) is 2. The molecule has 0 saturated heterocycles. The molecule has 1 aromatic rings. The molecule has 3 nitrogen and oxygen atoms in total. The van der Waals surface area contributed by atoms with Crippen molar-refractivity contribution in [3.8, 4) is 0 Å². The summed E-state index contributed by atoms with van der Waals surface area (Å²) in [6, 6.07) is 5.09. The van der Waals surface area contributed by atoms with E-state index < -0.39 is 0 Å². The molecule has 1 amide bonds. The number of thioether (sulfide) groups is 1. The molecule has 1 saturated carbocycles. The molecule has 0 aliphatic heterocycles. The zero-order chi connectivity index (χ0) is 13.0. The van der Waals surface area contributed by atoms with Gasteiger partial charge >= 0.3 is 0 Å². The van der Waals surface area contributed by atoms with Gasteiger partial charge in [-0.1, -0.05) is 24.4 Å². The minimum absolute atomic E-state index is 0.000854. The molecule has 1 aliphatic rings. The Bertz CT molecular complexity index is 433. The van der Waals surface area contributed by atoms with Gasteiger partial charge in [0.05, 0.1) is 17.1 Å². The van der Waals surface area contributed by atoms with Crippen molar-refractivity contribution in [1.82, 2.24) is 0 Å². The van der Waals surface area contributed by atoms with E-state index in [0.29, 0.717) is 27.4 Å². The van der Waals surface area contributed by atoms with Crippen molar-refractivity contribution >= 4 is 40.6 Å². The van der Waals surface area contributed by atoms with Crippen LogP contribution in [0.1, 0.15) is 25.7 Å². The average Bonchev–Trinajstić information content (AvgIpc) is 2.83. The molecule has 1 fully saturated rings. The largest absolute Gasteiger partial charge is 0.397 e. The van der Waals surface area contributed by atoms with Gasteiger partial charge in [0.1, 0.15) is 0 Å². The van der Waals surface area contributed by atoms with E-state index in [0.717, 1.165) is 0 Å². The van der Waals surface area contributed by atoms with Crippen molar-refractivity contribution < 1.29 is 4.79 Å². The quantitative estimate of drug-likeness (QED) is 0.832. The van der Waals surface area contributed by atoms with E-state index in [1.807, 2.05) is 0 Å². The fourth-order valence-electron chi connectivity index (χ4n) is 2.08. The fraction of sp³-hybridized carbons (Fsp3) is 0.462. The van der Waals surface area contributed by atoms with Crippen LogP contribution in [0, 0.1) is 0 Å². The number of benzene rings is 1. The van der Waals surface area contributed by atoms with Gasteiger partial charge in [-0.3, -0.25) is 4.79 Å². The van der Waals surface area contributed by atoms with Gasteiger partial charge in [-0.05, 0) is 31.0 Å². The second-order valence-electron chi connectivity index (χ2n) is 4.50. The Morgan fingerprint density at radius 2 is 2.17 bits per heavy atom. The Kier molecular flexibility index (Phi) is 4.78. The summed E-state index contributed by atoms with van der Waals surface area (Å²) in [5.74, 6) is 0.494. The van der Waals surface area contributed by atoms with E-state index >= 15 is 0 Å². The topological polar surface area (TPSA) is 55.1 Å². The van der Waals surface area contributed by atoms with Crippen LogP contribution in [-0.4, -0.2) is 16.9 Å². The van der Waals surface area contributed by atoms with E-state index in [1.165, 1.54) is 25.7 Å². The first-order valence-corrected chi connectivity index (χ1v) is 7.54. The molecule has 5 heteroatoms. The second kappa shape index (κ2) is 6.34. The van der Waals surface area contributed by atoms with E-state index in [9.17, 15) is 4.79 Å². The minimum Gasteiger partial charge on any atom is -0.397 e. The number of hydrogen-bond acceptors (Lipinski definition) is 3. The summed E-state index contributed by atoms with van der Waals surface area (Å²) < 4.78 is 0. The van der Waals surface area contributed by atoms with Crippen molar-refractivity contribution in [3.05, 3.63) is 23.2 Å². The number of rotatable bonds is 4. The standard InChI is InChI=1S/C13H17ClN2OS/c14-9-5-6-12(11(15)7-9)16-13(17)8-18-10-3-1-2-4-10/h5-7,10H,1-4,8,15H2,(H,16,17). The lowest BCUT2D eigenvalue weighted by atomic mass is 10.2. The average molecular weight is 285 g/mol. The molecule has 98 valence electrons. The first-order chi connectivity index (χ1) is 8.65. The summed E-state index contributed by atoms with van der Waals surface area (Å²) in [4.78, 5) is 11.8. The van der Waals surface area contributed by atoms with Crippen LogP contribution >= 0.6 is 23.4 Å². The van der Waals surface area contributed by atoms with Crippen molar-refractivity contribution in [2.24, 2.45) is 0 Å². The van der Waals surface area contributed by atoms with Crippen LogP contribution in [0.4, 0.5) is 11.4 Å². The van der Waals surface area contributed by atoms with Gasteiger partial charge in [0.25, 0.3) is 0 Å². The molecule has 1 aromatic carbocycles. The molecule has 0 radical (unpaired) electrons. The highest BCUT2D eigenvalue weighted by molar-refractivity contribution is 8.00. The Balaban J connectivity index is 1.82. The Morgan fingerprint density at radius 1 is 1.44 bits per heavy atom. The molecule has 0 heterocycles. The maximum atomic E-state index is 11.8. The fourth-order valence-corrected chi connectivity index (χ4v) is 3.39. The molecular weight excluding hydrogens is 268 g/mol. The highest BCUT2D eigenvalue weighted by Gasteiger charge is 2.16. The molecule has 0 atom stereocenters. The summed E-state index contributed by atoms with van der Waals surface area (Å²) in [6.07, 6.45) is 5.06. The van der Waals surface area contributed by atoms with Crippen molar-refractivity contribution in [2.75, 3.05) is 16.8 Å². The molecule has 0 unspecified atom stereocenters. The summed E-state index contributed by atoms with van der Waals surface area (Å²) in [5, 5.41) is 4.04. The van der Waals surface area contributed by atoms with Crippen LogP contribution in [-0.2, 0) is 4.79 Å².